The highest BCUT2D eigenvalue weighted by Crippen LogP contribution is 2.21. The monoisotopic (exact) mass is 351 g/mol. The molecule has 2 amide bonds. The highest BCUT2D eigenvalue weighted by molar-refractivity contribution is 7.14. The van der Waals surface area contributed by atoms with Crippen LogP contribution in [0.5, 0.6) is 0 Å². The molecule has 0 aromatic carbocycles. The van der Waals surface area contributed by atoms with Gasteiger partial charge in [0.25, 0.3) is 5.91 Å². The Morgan fingerprint density at radius 2 is 2.21 bits per heavy atom. The molecule has 2 aromatic rings. The van der Waals surface area contributed by atoms with Crippen molar-refractivity contribution in [1.82, 2.24) is 10.3 Å². The van der Waals surface area contributed by atoms with Crippen LogP contribution in [0.3, 0.4) is 0 Å². The second kappa shape index (κ2) is 8.25. The summed E-state index contributed by atoms with van der Waals surface area (Å²) in [6.07, 6.45) is 1.37. The van der Waals surface area contributed by atoms with Gasteiger partial charge in [0.1, 0.15) is 13.2 Å². The lowest BCUT2D eigenvalue weighted by Crippen LogP contribution is -2.30. The second-order valence-electron chi connectivity index (χ2n) is 4.71. The number of rotatable bonds is 7. The first-order valence-electron chi connectivity index (χ1n) is 7.21. The summed E-state index contributed by atoms with van der Waals surface area (Å²) >= 11 is 1.30. The highest BCUT2D eigenvalue weighted by Gasteiger charge is 2.15. The Morgan fingerprint density at radius 1 is 1.42 bits per heavy atom. The Hall–Kier alpha value is -2.68. The normalized spacial score (nSPS) is 10.2. The standard InChI is InChI=1S/C15H17N3O5S/c1-3-18(10(2)19)15-17-11(9-24-15)8-23-13(20)7-16-14(21)12-5-4-6-22-12/h4-6,9H,3,7-8H2,1-2H3,(H,16,21). The molecule has 0 unspecified atom stereocenters. The fraction of sp³-hybridized carbons (Fsp3) is 0.333. The molecule has 0 saturated carbocycles. The molecule has 1 N–H and O–H groups in total. The van der Waals surface area contributed by atoms with Crippen molar-refractivity contribution in [2.24, 2.45) is 0 Å². The second-order valence-corrected chi connectivity index (χ2v) is 5.54. The van der Waals surface area contributed by atoms with Gasteiger partial charge >= 0.3 is 5.97 Å². The number of esters is 1. The van der Waals surface area contributed by atoms with Crippen LogP contribution >= 0.6 is 11.3 Å². The zero-order valence-corrected chi connectivity index (χ0v) is 14.1. The molecule has 0 aliphatic heterocycles. The quantitative estimate of drug-likeness (QED) is 0.760. The van der Waals surface area contributed by atoms with E-state index < -0.39 is 11.9 Å². The van der Waals surface area contributed by atoms with Crippen LogP contribution in [-0.2, 0) is 20.9 Å². The number of aromatic nitrogens is 1. The summed E-state index contributed by atoms with van der Waals surface area (Å²) in [5, 5.41) is 4.67. The minimum atomic E-state index is -0.594. The fourth-order valence-corrected chi connectivity index (χ4v) is 2.75. The average Bonchev–Trinajstić information content (AvgIpc) is 3.22. The van der Waals surface area contributed by atoms with Crippen molar-refractivity contribution in [3.8, 4) is 0 Å². The Labute approximate surface area is 142 Å². The molecule has 0 aliphatic rings. The molecule has 0 atom stereocenters. The van der Waals surface area contributed by atoms with Gasteiger partial charge in [-0.3, -0.25) is 19.3 Å². The first kappa shape index (κ1) is 17.7. The fourth-order valence-electron chi connectivity index (χ4n) is 1.83. The van der Waals surface area contributed by atoms with E-state index >= 15 is 0 Å². The maximum atomic E-state index is 11.6. The number of carbonyl (C=O) groups excluding carboxylic acids is 3. The SMILES string of the molecule is CCN(C(C)=O)c1nc(COC(=O)CNC(=O)c2ccco2)cs1. The van der Waals surface area contributed by atoms with Crippen LogP contribution < -0.4 is 10.2 Å². The van der Waals surface area contributed by atoms with Crippen molar-refractivity contribution in [2.75, 3.05) is 18.0 Å². The van der Waals surface area contributed by atoms with Gasteiger partial charge in [0.05, 0.1) is 12.0 Å². The van der Waals surface area contributed by atoms with Crippen LogP contribution in [0, 0.1) is 0 Å². The molecule has 0 radical (unpaired) electrons. The number of hydrogen-bond acceptors (Lipinski definition) is 7. The molecule has 0 fully saturated rings. The molecule has 2 rings (SSSR count). The third kappa shape index (κ3) is 4.66. The predicted octanol–water partition coefficient (Wildman–Crippen LogP) is 1.58. The van der Waals surface area contributed by atoms with E-state index in [0.29, 0.717) is 17.4 Å². The molecule has 2 aromatic heterocycles. The third-order valence-corrected chi connectivity index (χ3v) is 3.90. The summed E-state index contributed by atoms with van der Waals surface area (Å²) in [7, 11) is 0. The predicted molar refractivity (Wildman–Crippen MR) is 86.7 cm³/mol. The van der Waals surface area contributed by atoms with Crippen molar-refractivity contribution in [1.29, 1.82) is 0 Å². The van der Waals surface area contributed by atoms with E-state index in [0.717, 1.165) is 0 Å². The molecular weight excluding hydrogens is 334 g/mol. The van der Waals surface area contributed by atoms with Gasteiger partial charge in [0.2, 0.25) is 5.91 Å². The van der Waals surface area contributed by atoms with Crippen LogP contribution in [0.1, 0.15) is 30.1 Å². The van der Waals surface area contributed by atoms with Crippen LogP contribution in [0.25, 0.3) is 0 Å². The number of anilines is 1. The number of thiazole rings is 1. The van der Waals surface area contributed by atoms with Crippen LogP contribution in [0.15, 0.2) is 28.2 Å². The van der Waals surface area contributed by atoms with E-state index in [9.17, 15) is 14.4 Å². The molecule has 0 spiro atoms. The van der Waals surface area contributed by atoms with Crippen molar-refractivity contribution >= 4 is 34.3 Å². The van der Waals surface area contributed by atoms with E-state index in [1.165, 1.54) is 35.5 Å². The molecule has 0 saturated heterocycles. The van der Waals surface area contributed by atoms with Gasteiger partial charge < -0.3 is 14.5 Å². The van der Waals surface area contributed by atoms with E-state index in [1.54, 1.807) is 11.4 Å². The summed E-state index contributed by atoms with van der Waals surface area (Å²) in [4.78, 5) is 40.5. The number of amides is 2. The number of nitrogens with zero attached hydrogens (tertiary/aromatic N) is 2. The summed E-state index contributed by atoms with van der Waals surface area (Å²) < 4.78 is 9.95. The molecule has 9 heteroatoms. The minimum absolute atomic E-state index is 0.0264. The number of hydrogen-bond donors (Lipinski definition) is 1. The zero-order valence-electron chi connectivity index (χ0n) is 13.3. The Balaban J connectivity index is 1.79. The van der Waals surface area contributed by atoms with E-state index in [2.05, 4.69) is 10.3 Å². The minimum Gasteiger partial charge on any atom is -0.459 e. The van der Waals surface area contributed by atoms with Crippen LogP contribution in [0.4, 0.5) is 5.13 Å². The highest BCUT2D eigenvalue weighted by atomic mass is 32.1. The summed E-state index contributed by atoms with van der Waals surface area (Å²) in [6, 6.07) is 3.07. The maximum Gasteiger partial charge on any atom is 0.325 e. The molecule has 24 heavy (non-hydrogen) atoms. The van der Waals surface area contributed by atoms with Crippen LogP contribution in [-0.4, -0.2) is 35.9 Å². The number of nitrogens with one attached hydrogen (secondary N) is 1. The maximum absolute atomic E-state index is 11.6. The van der Waals surface area contributed by atoms with Gasteiger partial charge in [0.15, 0.2) is 10.9 Å². The summed E-state index contributed by atoms with van der Waals surface area (Å²) in [5.74, 6) is -1.07. The van der Waals surface area contributed by atoms with E-state index in [1.807, 2.05) is 6.92 Å². The third-order valence-electron chi connectivity index (χ3n) is 2.99. The van der Waals surface area contributed by atoms with Crippen LogP contribution in [0.2, 0.25) is 0 Å². The van der Waals surface area contributed by atoms with E-state index in [4.69, 9.17) is 9.15 Å². The van der Waals surface area contributed by atoms with Crippen molar-refractivity contribution in [3.05, 3.63) is 35.2 Å². The number of ether oxygens (including phenoxy) is 1. The van der Waals surface area contributed by atoms with Gasteiger partial charge in [-0.1, -0.05) is 0 Å². The van der Waals surface area contributed by atoms with Crippen molar-refractivity contribution in [3.63, 3.8) is 0 Å². The first-order chi connectivity index (χ1) is 11.5. The van der Waals surface area contributed by atoms with E-state index in [-0.39, 0.29) is 24.8 Å². The van der Waals surface area contributed by atoms with Gasteiger partial charge in [0, 0.05) is 18.8 Å². The number of carbonyl (C=O) groups is 3. The Morgan fingerprint density at radius 3 is 2.83 bits per heavy atom. The van der Waals surface area contributed by atoms with Crippen molar-refractivity contribution in [2.45, 2.75) is 20.5 Å². The average molecular weight is 351 g/mol. The van der Waals surface area contributed by atoms with Gasteiger partial charge in [-0.05, 0) is 19.1 Å². The Bertz CT molecular complexity index is 711. The van der Waals surface area contributed by atoms with Gasteiger partial charge in [-0.2, -0.15) is 0 Å². The topological polar surface area (TPSA) is 102 Å². The first-order valence-corrected chi connectivity index (χ1v) is 8.09. The lowest BCUT2D eigenvalue weighted by atomic mass is 10.4. The lowest BCUT2D eigenvalue weighted by Gasteiger charge is -2.14. The zero-order chi connectivity index (χ0) is 17.5. The lowest BCUT2D eigenvalue weighted by molar-refractivity contribution is -0.143. The molecule has 0 bridgehead atoms. The molecule has 2 heterocycles. The van der Waals surface area contributed by atoms with Gasteiger partial charge in [-0.25, -0.2) is 4.98 Å². The number of furan rings is 1. The molecule has 128 valence electrons. The summed E-state index contributed by atoms with van der Waals surface area (Å²) in [6.45, 7) is 3.53. The van der Waals surface area contributed by atoms with Gasteiger partial charge in [-0.15, -0.1) is 11.3 Å². The smallest absolute Gasteiger partial charge is 0.325 e. The largest absolute Gasteiger partial charge is 0.459 e. The molecule has 8 nitrogen and oxygen atoms in total. The molecular formula is C15H17N3O5S. The molecule has 0 aliphatic carbocycles. The summed E-state index contributed by atoms with van der Waals surface area (Å²) in [5.41, 5.74) is 0.542. The van der Waals surface area contributed by atoms with Crippen molar-refractivity contribution < 1.29 is 23.5 Å². The Kier molecular flexibility index (Phi) is 6.07.